The van der Waals surface area contributed by atoms with Crippen molar-refractivity contribution in [2.75, 3.05) is 0 Å². The molecule has 0 aromatic heterocycles. The molecule has 4 nitrogen and oxygen atoms in total. The molecule has 0 fully saturated rings. The molecular formula is C19H22N2O2S. The van der Waals surface area contributed by atoms with E-state index in [2.05, 4.69) is 29.8 Å². The number of nitrogens with one attached hydrogen (secondary N) is 1. The van der Waals surface area contributed by atoms with E-state index in [-0.39, 0.29) is 10.3 Å². The zero-order chi connectivity index (χ0) is 17.4. The Kier molecular flexibility index (Phi) is 4.22. The lowest BCUT2D eigenvalue weighted by Crippen LogP contribution is -2.29. The highest BCUT2D eigenvalue weighted by molar-refractivity contribution is 7.89. The molecule has 0 spiro atoms. The summed E-state index contributed by atoms with van der Waals surface area (Å²) in [6, 6.07) is 14.8. The third-order valence-electron chi connectivity index (χ3n) is 4.59. The van der Waals surface area contributed by atoms with E-state index in [1.807, 2.05) is 25.1 Å². The van der Waals surface area contributed by atoms with Crippen LogP contribution in [0.2, 0.25) is 0 Å². The predicted molar refractivity (Wildman–Crippen MR) is 96.7 cm³/mol. The number of sulfonamides is 1. The summed E-state index contributed by atoms with van der Waals surface area (Å²) >= 11 is 0. The minimum absolute atomic E-state index is 0.0748. The largest absolute Gasteiger partial charge is 0.276 e. The first-order valence-corrected chi connectivity index (χ1v) is 9.53. The topological polar surface area (TPSA) is 58.5 Å². The Morgan fingerprint density at radius 3 is 2.42 bits per heavy atom. The van der Waals surface area contributed by atoms with Gasteiger partial charge in [0.05, 0.1) is 10.6 Å². The van der Waals surface area contributed by atoms with Crippen LogP contribution in [0.5, 0.6) is 0 Å². The molecular weight excluding hydrogens is 320 g/mol. The molecule has 3 rings (SSSR count). The van der Waals surface area contributed by atoms with Gasteiger partial charge in [0, 0.05) is 5.56 Å². The summed E-state index contributed by atoms with van der Waals surface area (Å²) in [5, 5.41) is 4.24. The molecule has 0 aliphatic heterocycles. The van der Waals surface area contributed by atoms with Gasteiger partial charge in [-0.2, -0.15) is 18.4 Å². The van der Waals surface area contributed by atoms with Crippen molar-refractivity contribution in [1.29, 1.82) is 0 Å². The second-order valence-corrected chi connectivity index (χ2v) is 8.56. The summed E-state index contributed by atoms with van der Waals surface area (Å²) in [4.78, 5) is 2.62. The van der Waals surface area contributed by atoms with Crippen molar-refractivity contribution < 1.29 is 8.42 Å². The van der Waals surface area contributed by atoms with Gasteiger partial charge in [-0.3, -0.25) is 0 Å². The average molecular weight is 342 g/mol. The molecule has 0 radical (unpaired) electrons. The standard InChI is InChI=1S/C19H22N2O2S/c1-14-8-10-15(11-9-14)24(22,23)21-20-18-12-13-19(2,3)17-7-5-4-6-16(17)18/h4-11,21H,12-13H2,1-3H3/b20-18-. The van der Waals surface area contributed by atoms with Gasteiger partial charge in [0.15, 0.2) is 0 Å². The molecule has 0 bridgehead atoms. The molecule has 126 valence electrons. The number of nitrogens with zero attached hydrogens (tertiary/aromatic N) is 1. The van der Waals surface area contributed by atoms with Gasteiger partial charge in [-0.1, -0.05) is 55.8 Å². The maximum Gasteiger partial charge on any atom is 0.276 e. The Morgan fingerprint density at radius 1 is 1.04 bits per heavy atom. The lowest BCUT2D eigenvalue weighted by molar-refractivity contribution is 0.479. The summed E-state index contributed by atoms with van der Waals surface area (Å²) in [5.41, 5.74) is 4.13. The summed E-state index contributed by atoms with van der Waals surface area (Å²) in [6.45, 7) is 6.34. The highest BCUT2D eigenvalue weighted by Gasteiger charge is 2.30. The molecule has 1 aliphatic carbocycles. The average Bonchev–Trinajstić information content (AvgIpc) is 2.55. The van der Waals surface area contributed by atoms with Crippen LogP contribution in [-0.4, -0.2) is 14.1 Å². The summed E-state index contributed by atoms with van der Waals surface area (Å²) in [7, 11) is -3.65. The van der Waals surface area contributed by atoms with E-state index in [1.54, 1.807) is 24.3 Å². The van der Waals surface area contributed by atoms with E-state index < -0.39 is 10.0 Å². The molecule has 24 heavy (non-hydrogen) atoms. The third kappa shape index (κ3) is 3.22. The highest BCUT2D eigenvalue weighted by Crippen LogP contribution is 2.36. The minimum atomic E-state index is -3.65. The van der Waals surface area contributed by atoms with Crippen LogP contribution in [0.15, 0.2) is 58.5 Å². The number of aryl methyl sites for hydroxylation is 1. The van der Waals surface area contributed by atoms with Crippen LogP contribution in [0.3, 0.4) is 0 Å². The van der Waals surface area contributed by atoms with Crippen LogP contribution in [0, 0.1) is 6.92 Å². The fraction of sp³-hybridized carbons (Fsp3) is 0.316. The third-order valence-corrected chi connectivity index (χ3v) is 5.81. The molecule has 0 saturated carbocycles. The fourth-order valence-electron chi connectivity index (χ4n) is 3.03. The van der Waals surface area contributed by atoms with Gasteiger partial charge in [-0.25, -0.2) is 0 Å². The van der Waals surface area contributed by atoms with Crippen LogP contribution in [-0.2, 0) is 15.4 Å². The van der Waals surface area contributed by atoms with Crippen molar-refractivity contribution >= 4 is 15.7 Å². The van der Waals surface area contributed by atoms with E-state index in [4.69, 9.17) is 0 Å². The first kappa shape index (κ1) is 16.7. The van der Waals surface area contributed by atoms with E-state index in [9.17, 15) is 8.42 Å². The van der Waals surface area contributed by atoms with Crippen molar-refractivity contribution in [3.8, 4) is 0 Å². The molecule has 1 aliphatic rings. The van der Waals surface area contributed by atoms with Gasteiger partial charge in [-0.15, -0.1) is 0 Å². The maximum atomic E-state index is 12.4. The zero-order valence-electron chi connectivity index (χ0n) is 14.2. The number of hydrogen-bond donors (Lipinski definition) is 1. The maximum absolute atomic E-state index is 12.4. The lowest BCUT2D eigenvalue weighted by atomic mass is 9.72. The minimum Gasteiger partial charge on any atom is -0.200 e. The number of hydrogen-bond acceptors (Lipinski definition) is 3. The van der Waals surface area contributed by atoms with Crippen LogP contribution in [0.4, 0.5) is 0 Å². The van der Waals surface area contributed by atoms with Crippen LogP contribution in [0.1, 0.15) is 43.4 Å². The smallest absolute Gasteiger partial charge is 0.200 e. The van der Waals surface area contributed by atoms with Gasteiger partial charge >= 0.3 is 0 Å². The van der Waals surface area contributed by atoms with Crippen LogP contribution < -0.4 is 4.83 Å². The molecule has 2 aromatic rings. The monoisotopic (exact) mass is 342 g/mol. The lowest BCUT2D eigenvalue weighted by Gasteiger charge is -2.33. The molecule has 0 saturated heterocycles. The summed E-state index contributed by atoms with van der Waals surface area (Å²) in [5.74, 6) is 0. The van der Waals surface area contributed by atoms with Gasteiger partial charge < -0.3 is 0 Å². The quantitative estimate of drug-likeness (QED) is 0.864. The van der Waals surface area contributed by atoms with Gasteiger partial charge in [-0.05, 0) is 42.9 Å². The van der Waals surface area contributed by atoms with E-state index in [0.717, 1.165) is 29.7 Å². The first-order chi connectivity index (χ1) is 11.3. The van der Waals surface area contributed by atoms with E-state index in [0.29, 0.717) is 0 Å². The van der Waals surface area contributed by atoms with Crippen molar-refractivity contribution in [2.24, 2.45) is 5.10 Å². The molecule has 0 amide bonds. The van der Waals surface area contributed by atoms with Crippen molar-refractivity contribution in [3.63, 3.8) is 0 Å². The van der Waals surface area contributed by atoms with Gasteiger partial charge in [0.25, 0.3) is 10.0 Å². The fourth-order valence-corrected chi connectivity index (χ4v) is 3.86. The van der Waals surface area contributed by atoms with Crippen LogP contribution in [0.25, 0.3) is 0 Å². The SMILES string of the molecule is Cc1ccc(S(=O)(=O)N/N=C2/CCC(C)(C)c3ccccc32)cc1. The number of benzene rings is 2. The van der Waals surface area contributed by atoms with Crippen molar-refractivity contribution in [3.05, 3.63) is 65.2 Å². The highest BCUT2D eigenvalue weighted by atomic mass is 32.2. The Hall–Kier alpha value is -2.14. The van der Waals surface area contributed by atoms with Crippen molar-refractivity contribution in [2.45, 2.75) is 43.9 Å². The van der Waals surface area contributed by atoms with E-state index in [1.165, 1.54) is 5.56 Å². The Morgan fingerprint density at radius 2 is 1.71 bits per heavy atom. The van der Waals surface area contributed by atoms with Gasteiger partial charge in [0.2, 0.25) is 0 Å². The second kappa shape index (κ2) is 6.06. The Bertz CT molecular complexity index is 882. The molecule has 1 N–H and O–H groups in total. The normalized spacial score (nSPS) is 18.2. The van der Waals surface area contributed by atoms with Gasteiger partial charge in [0.1, 0.15) is 0 Å². The van der Waals surface area contributed by atoms with Crippen molar-refractivity contribution in [1.82, 2.24) is 4.83 Å². The molecule has 5 heteroatoms. The zero-order valence-corrected chi connectivity index (χ0v) is 15.0. The number of fused-ring (bicyclic) bond motifs is 1. The second-order valence-electron chi connectivity index (χ2n) is 6.90. The molecule has 0 unspecified atom stereocenters. The Balaban J connectivity index is 1.91. The summed E-state index contributed by atoms with van der Waals surface area (Å²) < 4.78 is 24.8. The summed E-state index contributed by atoms with van der Waals surface area (Å²) in [6.07, 6.45) is 1.69. The Labute approximate surface area is 143 Å². The molecule has 0 heterocycles. The molecule has 2 aromatic carbocycles. The molecule has 0 atom stereocenters. The van der Waals surface area contributed by atoms with E-state index >= 15 is 0 Å². The predicted octanol–water partition coefficient (Wildman–Crippen LogP) is 3.75. The first-order valence-electron chi connectivity index (χ1n) is 8.04. The number of hydrazone groups is 1. The van der Waals surface area contributed by atoms with Crippen LogP contribution >= 0.6 is 0 Å². The number of rotatable bonds is 3.